The number of hydrogen-bond donors (Lipinski definition) is 1. The van der Waals surface area contributed by atoms with Gasteiger partial charge in [-0.1, -0.05) is 50.1 Å². The summed E-state index contributed by atoms with van der Waals surface area (Å²) in [6, 6.07) is 17.0. The Hall–Kier alpha value is -3.56. The van der Waals surface area contributed by atoms with Crippen LogP contribution in [0.5, 0.6) is 0 Å². The number of rotatable bonds is 17. The number of nitrogens with zero attached hydrogens (tertiary/aromatic N) is 4. The molecule has 2 bridgehead atoms. The molecule has 3 amide bonds. The molecule has 6 atom stereocenters. The molecule has 3 aliphatic rings. The summed E-state index contributed by atoms with van der Waals surface area (Å²) in [4.78, 5) is 52.0. The Balaban J connectivity index is 1.54. The largest absolute Gasteiger partial charge is 0.396 e. The van der Waals surface area contributed by atoms with Gasteiger partial charge in [0.2, 0.25) is 11.8 Å². The normalized spacial score (nSPS) is 25.5. The van der Waals surface area contributed by atoms with Gasteiger partial charge in [0.15, 0.2) is 0 Å². The molecule has 0 aromatic heterocycles. The van der Waals surface area contributed by atoms with Gasteiger partial charge in [0.05, 0.1) is 16.6 Å². The van der Waals surface area contributed by atoms with Crippen LogP contribution in [-0.2, 0) is 14.4 Å². The van der Waals surface area contributed by atoms with E-state index in [0.717, 1.165) is 55.8 Å². The predicted molar refractivity (Wildman–Crippen MR) is 197 cm³/mol. The number of fused-ring (bicyclic) bond motifs is 1. The number of anilines is 3. The van der Waals surface area contributed by atoms with Crippen LogP contribution in [0.25, 0.3) is 0 Å². The third-order valence-corrected chi connectivity index (χ3v) is 12.7. The number of aliphatic hydroxyl groups is 1. The topological polar surface area (TPSA) is 84.4 Å². The molecule has 3 heterocycles. The summed E-state index contributed by atoms with van der Waals surface area (Å²) in [5.74, 6) is -1.33. The van der Waals surface area contributed by atoms with Gasteiger partial charge in [0, 0.05) is 61.6 Å². The maximum absolute atomic E-state index is 15.1. The summed E-state index contributed by atoms with van der Waals surface area (Å²) in [7, 11) is 0. The molecule has 0 aliphatic carbocycles. The lowest BCUT2D eigenvalue weighted by Crippen LogP contribution is -2.57. The predicted octanol–water partition coefficient (Wildman–Crippen LogP) is 6.16. The van der Waals surface area contributed by atoms with Crippen molar-refractivity contribution in [2.24, 2.45) is 17.8 Å². The molecule has 3 fully saturated rings. The maximum Gasteiger partial charge on any atom is 0.251 e. The van der Waals surface area contributed by atoms with E-state index in [1.807, 2.05) is 47.4 Å². The van der Waals surface area contributed by atoms with Crippen LogP contribution in [0.2, 0.25) is 0 Å². The molecule has 3 unspecified atom stereocenters. The molecule has 2 aromatic carbocycles. The number of benzene rings is 2. The highest BCUT2D eigenvalue weighted by atomic mass is 32.2. The molecule has 2 aromatic rings. The highest BCUT2D eigenvalue weighted by molar-refractivity contribution is 8.02. The fraction of sp³-hybridized carbons (Fsp3) is 0.513. The van der Waals surface area contributed by atoms with Crippen LogP contribution in [0.4, 0.5) is 17.1 Å². The smallest absolute Gasteiger partial charge is 0.251 e. The maximum atomic E-state index is 15.1. The first kappa shape index (κ1) is 35.7. The van der Waals surface area contributed by atoms with E-state index < -0.39 is 22.6 Å². The van der Waals surface area contributed by atoms with Gasteiger partial charge in [0.25, 0.3) is 5.91 Å². The molecule has 5 rings (SSSR count). The Bertz CT molecular complexity index is 1450. The van der Waals surface area contributed by atoms with Gasteiger partial charge in [-0.05, 0) is 75.4 Å². The summed E-state index contributed by atoms with van der Waals surface area (Å²) in [6.07, 6.45) is 7.38. The van der Waals surface area contributed by atoms with Crippen LogP contribution in [0.3, 0.4) is 0 Å². The monoisotopic (exact) mass is 672 g/mol. The van der Waals surface area contributed by atoms with Crippen molar-refractivity contribution in [2.75, 3.05) is 54.0 Å². The fourth-order valence-electron chi connectivity index (χ4n) is 8.34. The Morgan fingerprint density at radius 2 is 1.48 bits per heavy atom. The Morgan fingerprint density at radius 3 is 2.08 bits per heavy atom. The van der Waals surface area contributed by atoms with Crippen molar-refractivity contribution in [3.8, 4) is 0 Å². The zero-order valence-electron chi connectivity index (χ0n) is 28.8. The Morgan fingerprint density at radius 1 is 0.896 bits per heavy atom. The van der Waals surface area contributed by atoms with Gasteiger partial charge < -0.3 is 24.7 Å². The minimum absolute atomic E-state index is 0.0549. The van der Waals surface area contributed by atoms with Crippen molar-refractivity contribution >= 4 is 46.5 Å². The third-order valence-electron chi connectivity index (χ3n) is 10.6. The second-order valence-electron chi connectivity index (χ2n) is 13.2. The first-order valence-corrected chi connectivity index (χ1v) is 18.5. The second kappa shape index (κ2) is 15.8. The molecule has 9 heteroatoms. The molecule has 48 heavy (non-hydrogen) atoms. The number of carbonyl (C=O) groups excluding carboxylic acids is 3. The number of likely N-dealkylation sites (tertiary alicyclic amines) is 1. The van der Waals surface area contributed by atoms with Crippen molar-refractivity contribution in [3.63, 3.8) is 0 Å². The number of amides is 3. The molecule has 258 valence electrons. The van der Waals surface area contributed by atoms with E-state index in [1.54, 1.807) is 33.7 Å². The van der Waals surface area contributed by atoms with E-state index >= 15 is 4.79 Å². The number of thioether (sulfide) groups is 1. The number of aliphatic hydroxyl groups excluding tert-OH is 1. The zero-order valence-corrected chi connectivity index (χ0v) is 29.6. The lowest BCUT2D eigenvalue weighted by Gasteiger charge is -2.41. The second-order valence-corrected chi connectivity index (χ2v) is 14.8. The molecular formula is C39H52N4O4S. The van der Waals surface area contributed by atoms with Gasteiger partial charge in [-0.2, -0.15) is 0 Å². The van der Waals surface area contributed by atoms with Crippen molar-refractivity contribution < 1.29 is 19.5 Å². The van der Waals surface area contributed by atoms with Gasteiger partial charge >= 0.3 is 0 Å². The molecule has 0 radical (unpaired) electrons. The van der Waals surface area contributed by atoms with Crippen LogP contribution in [0.1, 0.15) is 52.9 Å². The minimum Gasteiger partial charge on any atom is -0.396 e. The molecule has 1 N–H and O–H groups in total. The van der Waals surface area contributed by atoms with Crippen LogP contribution < -0.4 is 14.7 Å². The van der Waals surface area contributed by atoms with Gasteiger partial charge in [-0.15, -0.1) is 24.9 Å². The third kappa shape index (κ3) is 6.43. The van der Waals surface area contributed by atoms with Gasteiger partial charge in [0.1, 0.15) is 6.04 Å². The number of hydrogen-bond acceptors (Lipinski definition) is 6. The number of unbranched alkanes of at least 4 members (excludes halogenated alkanes) is 3. The van der Waals surface area contributed by atoms with E-state index in [-0.39, 0.29) is 35.5 Å². The number of para-hydroxylation sites is 1. The quantitative estimate of drug-likeness (QED) is 0.160. The van der Waals surface area contributed by atoms with Crippen molar-refractivity contribution in [1.29, 1.82) is 0 Å². The van der Waals surface area contributed by atoms with Crippen molar-refractivity contribution in [1.82, 2.24) is 4.90 Å². The number of carbonyl (C=O) groups is 3. The van der Waals surface area contributed by atoms with Crippen LogP contribution >= 0.6 is 11.8 Å². The lowest BCUT2D eigenvalue weighted by molar-refractivity contribution is -0.139. The molecule has 8 nitrogen and oxygen atoms in total. The average molecular weight is 673 g/mol. The van der Waals surface area contributed by atoms with E-state index in [0.29, 0.717) is 26.1 Å². The van der Waals surface area contributed by atoms with Crippen molar-refractivity contribution in [3.05, 3.63) is 79.9 Å². The Labute approximate surface area is 290 Å². The first-order chi connectivity index (χ1) is 23.3. The van der Waals surface area contributed by atoms with E-state index in [9.17, 15) is 14.7 Å². The van der Waals surface area contributed by atoms with Gasteiger partial charge in [-0.25, -0.2) is 0 Å². The summed E-state index contributed by atoms with van der Waals surface area (Å²) in [6.45, 7) is 17.3. The van der Waals surface area contributed by atoms with Gasteiger partial charge in [-0.3, -0.25) is 14.4 Å². The first-order valence-electron chi connectivity index (χ1n) is 17.6. The molecule has 1 spiro atoms. The molecule has 3 aliphatic heterocycles. The average Bonchev–Trinajstić information content (AvgIpc) is 3.70. The van der Waals surface area contributed by atoms with E-state index in [4.69, 9.17) is 0 Å². The van der Waals surface area contributed by atoms with E-state index in [2.05, 4.69) is 51.0 Å². The molecule has 0 saturated carbocycles. The lowest BCUT2D eigenvalue weighted by atomic mass is 9.65. The molecular weight excluding hydrogens is 621 g/mol. The van der Waals surface area contributed by atoms with E-state index in [1.165, 1.54) is 0 Å². The summed E-state index contributed by atoms with van der Waals surface area (Å²) >= 11 is 1.71. The zero-order chi connectivity index (χ0) is 34.4. The summed E-state index contributed by atoms with van der Waals surface area (Å²) < 4.78 is -0.721. The van der Waals surface area contributed by atoms with Crippen LogP contribution in [0.15, 0.2) is 79.9 Å². The highest BCUT2D eigenvalue weighted by Crippen LogP contribution is 2.69. The highest BCUT2D eigenvalue weighted by Gasteiger charge is 2.76. The standard InChI is InChI=1S/C39H52N4O4S/c1-6-23-41(30-17-13-12-14-18-30)36(45)33-32-27-28(5)39(48-32)34(33)37(46)43(25-15-10-11-16-26-44)35(39)38(47)42(24-7-2)31-21-19-29(20-22-31)40(8-3)9-4/h6-7,12-14,17-22,28,32-35,44H,1-2,8-11,15-16,23-27H2,3-5H3/t28?,32-,33+,34-,35?,39?/m0/s1. The van der Waals surface area contributed by atoms with Crippen molar-refractivity contribution in [2.45, 2.75) is 68.9 Å². The van der Waals surface area contributed by atoms with Crippen LogP contribution in [0, 0.1) is 17.8 Å². The fourth-order valence-corrected chi connectivity index (χ4v) is 10.7. The minimum atomic E-state index is -0.721. The molecule has 3 saturated heterocycles. The Kier molecular flexibility index (Phi) is 11.7. The summed E-state index contributed by atoms with van der Waals surface area (Å²) in [5.41, 5.74) is 2.64. The summed E-state index contributed by atoms with van der Waals surface area (Å²) in [5, 5.41) is 9.26. The van der Waals surface area contributed by atoms with Crippen LogP contribution in [-0.4, -0.2) is 83.1 Å². The SMILES string of the molecule is C=CCN(C(=O)C1N(CCCCCCO)C(=O)[C@@H]2[C@H](C(=O)N(CC=C)c3ccccc3)[C@@H]3CC(C)C12S3)c1ccc(N(CC)CC)cc1.